The van der Waals surface area contributed by atoms with Crippen LogP contribution in [0.25, 0.3) is 0 Å². The molecule has 0 spiro atoms. The second-order valence-corrected chi connectivity index (χ2v) is 4.40. The largest absolute Gasteiger partial charge is 0.386 e. The molecule has 0 aliphatic rings. The maximum Gasteiger partial charge on any atom is 0.105 e. The van der Waals surface area contributed by atoms with Crippen LogP contribution in [0.5, 0.6) is 0 Å². The SMILES string of the molecule is CCOC(C)C(O)c1cc(C)c(C)cc1C. The summed E-state index contributed by atoms with van der Waals surface area (Å²) < 4.78 is 5.43. The number of aliphatic hydroxyl groups excluding tert-OH is 1. The summed E-state index contributed by atoms with van der Waals surface area (Å²) in [5.41, 5.74) is 4.58. The van der Waals surface area contributed by atoms with Gasteiger partial charge in [-0.3, -0.25) is 0 Å². The van der Waals surface area contributed by atoms with E-state index in [1.54, 1.807) is 0 Å². The van der Waals surface area contributed by atoms with Crippen LogP contribution in [0.4, 0.5) is 0 Å². The quantitative estimate of drug-likeness (QED) is 0.848. The second kappa shape index (κ2) is 5.46. The third-order valence-electron chi connectivity index (χ3n) is 3.08. The number of rotatable bonds is 4. The predicted octanol–water partition coefficient (Wildman–Crippen LogP) is 3.07. The Morgan fingerprint density at radius 1 is 1.12 bits per heavy atom. The standard InChI is InChI=1S/C14H22O2/c1-6-16-12(5)14(15)13-8-10(3)9(2)7-11(13)4/h7-8,12,14-15H,6H2,1-5H3. The van der Waals surface area contributed by atoms with Gasteiger partial charge in [-0.25, -0.2) is 0 Å². The molecule has 0 bridgehead atoms. The number of aryl methyl sites for hydroxylation is 3. The Kier molecular flexibility index (Phi) is 4.51. The van der Waals surface area contributed by atoms with Gasteiger partial charge in [-0.1, -0.05) is 12.1 Å². The Morgan fingerprint density at radius 2 is 1.69 bits per heavy atom. The molecule has 0 aliphatic carbocycles. The van der Waals surface area contributed by atoms with Crippen LogP contribution in [0.3, 0.4) is 0 Å². The molecule has 0 heterocycles. The molecule has 0 saturated carbocycles. The fourth-order valence-electron chi connectivity index (χ4n) is 1.91. The van der Waals surface area contributed by atoms with Crippen LogP contribution in [0.1, 0.15) is 42.2 Å². The van der Waals surface area contributed by atoms with Gasteiger partial charge in [0.05, 0.1) is 6.10 Å². The van der Waals surface area contributed by atoms with Crippen LogP contribution in [-0.4, -0.2) is 17.8 Å². The van der Waals surface area contributed by atoms with Gasteiger partial charge in [-0.2, -0.15) is 0 Å². The molecule has 16 heavy (non-hydrogen) atoms. The third-order valence-corrected chi connectivity index (χ3v) is 3.08. The number of benzene rings is 1. The summed E-state index contributed by atoms with van der Waals surface area (Å²) in [6.07, 6.45) is -0.704. The van der Waals surface area contributed by atoms with Crippen molar-refractivity contribution in [1.29, 1.82) is 0 Å². The van der Waals surface area contributed by atoms with E-state index < -0.39 is 6.10 Å². The zero-order chi connectivity index (χ0) is 12.3. The predicted molar refractivity (Wildman–Crippen MR) is 66.7 cm³/mol. The van der Waals surface area contributed by atoms with E-state index >= 15 is 0 Å². The first-order chi connectivity index (χ1) is 7.47. The Labute approximate surface area is 98.3 Å². The maximum atomic E-state index is 10.2. The second-order valence-electron chi connectivity index (χ2n) is 4.40. The molecule has 2 unspecified atom stereocenters. The highest BCUT2D eigenvalue weighted by atomic mass is 16.5. The maximum absolute atomic E-state index is 10.2. The Balaban J connectivity index is 2.99. The number of hydrogen-bond donors (Lipinski definition) is 1. The van der Waals surface area contributed by atoms with Crippen LogP contribution in [-0.2, 0) is 4.74 Å². The lowest BCUT2D eigenvalue weighted by molar-refractivity contribution is -0.0230. The topological polar surface area (TPSA) is 29.5 Å². The molecule has 1 aromatic rings. The van der Waals surface area contributed by atoms with E-state index in [-0.39, 0.29) is 6.10 Å². The van der Waals surface area contributed by atoms with E-state index in [0.717, 1.165) is 11.1 Å². The first-order valence-electron chi connectivity index (χ1n) is 5.84. The number of ether oxygens (including phenoxy) is 1. The lowest BCUT2D eigenvalue weighted by Gasteiger charge is -2.21. The van der Waals surface area contributed by atoms with Crippen LogP contribution in [0, 0.1) is 20.8 Å². The summed E-state index contributed by atoms with van der Waals surface area (Å²) in [5, 5.41) is 10.2. The Hall–Kier alpha value is -0.860. The molecule has 1 aromatic carbocycles. The molecular formula is C14H22O2. The molecular weight excluding hydrogens is 200 g/mol. The lowest BCUT2D eigenvalue weighted by atomic mass is 9.95. The normalized spacial score (nSPS) is 14.9. The third kappa shape index (κ3) is 2.83. The molecule has 2 nitrogen and oxygen atoms in total. The van der Waals surface area contributed by atoms with Gasteiger partial charge < -0.3 is 9.84 Å². The minimum Gasteiger partial charge on any atom is -0.386 e. The summed E-state index contributed by atoms with van der Waals surface area (Å²) >= 11 is 0. The van der Waals surface area contributed by atoms with E-state index in [9.17, 15) is 5.11 Å². The molecule has 0 saturated heterocycles. The highest BCUT2D eigenvalue weighted by molar-refractivity contribution is 5.37. The number of hydrogen-bond acceptors (Lipinski definition) is 2. The molecule has 0 aromatic heterocycles. The minimum absolute atomic E-state index is 0.161. The smallest absolute Gasteiger partial charge is 0.105 e. The molecule has 2 heteroatoms. The zero-order valence-corrected chi connectivity index (χ0v) is 10.9. The molecule has 2 atom stereocenters. The Bertz CT molecular complexity index is 358. The summed E-state index contributed by atoms with van der Waals surface area (Å²) in [5.74, 6) is 0. The Morgan fingerprint density at radius 3 is 2.25 bits per heavy atom. The van der Waals surface area contributed by atoms with Crippen molar-refractivity contribution in [3.63, 3.8) is 0 Å². The van der Waals surface area contributed by atoms with Crippen molar-refractivity contribution in [1.82, 2.24) is 0 Å². The van der Waals surface area contributed by atoms with Crippen molar-refractivity contribution in [2.24, 2.45) is 0 Å². The van der Waals surface area contributed by atoms with Gasteiger partial charge >= 0.3 is 0 Å². The van der Waals surface area contributed by atoms with Gasteiger partial charge in [0.15, 0.2) is 0 Å². The molecule has 0 aliphatic heterocycles. The van der Waals surface area contributed by atoms with Gasteiger partial charge in [0.25, 0.3) is 0 Å². The van der Waals surface area contributed by atoms with Gasteiger partial charge in [-0.15, -0.1) is 0 Å². The van der Waals surface area contributed by atoms with E-state index in [4.69, 9.17) is 4.74 Å². The molecule has 1 N–H and O–H groups in total. The first-order valence-corrected chi connectivity index (χ1v) is 5.84. The van der Waals surface area contributed by atoms with E-state index in [2.05, 4.69) is 26.0 Å². The van der Waals surface area contributed by atoms with Crippen molar-refractivity contribution < 1.29 is 9.84 Å². The van der Waals surface area contributed by atoms with Crippen LogP contribution in [0.15, 0.2) is 12.1 Å². The van der Waals surface area contributed by atoms with Crippen molar-refractivity contribution >= 4 is 0 Å². The molecule has 0 radical (unpaired) electrons. The van der Waals surface area contributed by atoms with Crippen molar-refractivity contribution in [2.75, 3.05) is 6.61 Å². The molecule has 0 amide bonds. The van der Waals surface area contributed by atoms with Gasteiger partial charge in [-0.05, 0) is 56.9 Å². The zero-order valence-electron chi connectivity index (χ0n) is 10.9. The minimum atomic E-state index is -0.542. The monoisotopic (exact) mass is 222 g/mol. The van der Waals surface area contributed by atoms with Crippen LogP contribution < -0.4 is 0 Å². The van der Waals surface area contributed by atoms with E-state index in [0.29, 0.717) is 6.61 Å². The van der Waals surface area contributed by atoms with Gasteiger partial charge in [0.2, 0.25) is 0 Å². The highest BCUT2D eigenvalue weighted by Gasteiger charge is 2.18. The average Bonchev–Trinajstić information content (AvgIpc) is 2.23. The van der Waals surface area contributed by atoms with Crippen molar-refractivity contribution in [2.45, 2.75) is 46.8 Å². The van der Waals surface area contributed by atoms with Gasteiger partial charge in [0, 0.05) is 6.61 Å². The summed E-state index contributed by atoms with van der Waals surface area (Å²) in [6.45, 7) is 10.7. The molecule has 0 fully saturated rings. The van der Waals surface area contributed by atoms with Crippen LogP contribution >= 0.6 is 0 Å². The van der Waals surface area contributed by atoms with E-state index in [1.807, 2.05) is 20.8 Å². The lowest BCUT2D eigenvalue weighted by Crippen LogP contribution is -2.19. The molecule has 1 rings (SSSR count). The fraction of sp³-hybridized carbons (Fsp3) is 0.571. The highest BCUT2D eigenvalue weighted by Crippen LogP contribution is 2.25. The van der Waals surface area contributed by atoms with Gasteiger partial charge in [0.1, 0.15) is 6.10 Å². The van der Waals surface area contributed by atoms with E-state index in [1.165, 1.54) is 11.1 Å². The van der Waals surface area contributed by atoms with Crippen molar-refractivity contribution in [3.8, 4) is 0 Å². The summed E-state index contributed by atoms with van der Waals surface area (Å²) in [4.78, 5) is 0. The first kappa shape index (κ1) is 13.2. The fourth-order valence-corrected chi connectivity index (χ4v) is 1.91. The summed E-state index contributed by atoms with van der Waals surface area (Å²) in [7, 11) is 0. The number of aliphatic hydroxyl groups is 1. The average molecular weight is 222 g/mol. The molecule has 90 valence electrons. The van der Waals surface area contributed by atoms with Crippen LogP contribution in [0.2, 0.25) is 0 Å². The van der Waals surface area contributed by atoms with Crippen molar-refractivity contribution in [3.05, 3.63) is 34.4 Å². The summed E-state index contributed by atoms with van der Waals surface area (Å²) in [6, 6.07) is 4.18.